The largest absolute Gasteiger partial charge is 0.495 e. The molecular formula is C27H23N3O6S2. The molecule has 1 N–H and O–H groups in total. The molecule has 2 heterocycles. The number of furan rings is 1. The Labute approximate surface area is 223 Å². The summed E-state index contributed by atoms with van der Waals surface area (Å²) in [5.41, 5.74) is 1.25. The molecule has 0 aliphatic rings. The molecule has 3 aromatic carbocycles. The molecule has 0 saturated carbocycles. The van der Waals surface area contributed by atoms with Crippen LogP contribution in [0.3, 0.4) is 0 Å². The first-order chi connectivity index (χ1) is 18.4. The van der Waals surface area contributed by atoms with Gasteiger partial charge in [-0.15, -0.1) is 0 Å². The lowest BCUT2D eigenvalue weighted by Gasteiger charge is -2.19. The average Bonchev–Trinajstić information content (AvgIpc) is 3.62. The highest BCUT2D eigenvalue weighted by molar-refractivity contribution is 7.92. The van der Waals surface area contributed by atoms with Gasteiger partial charge in [0.15, 0.2) is 5.13 Å². The van der Waals surface area contributed by atoms with Crippen LogP contribution in [0.5, 0.6) is 11.5 Å². The fourth-order valence-corrected chi connectivity index (χ4v) is 5.98. The Morgan fingerprint density at radius 3 is 2.32 bits per heavy atom. The quantitative estimate of drug-likeness (QED) is 0.256. The molecule has 0 aliphatic carbocycles. The Bertz CT molecular complexity index is 1620. The monoisotopic (exact) mass is 549 g/mol. The second-order valence-corrected chi connectivity index (χ2v) is 10.8. The summed E-state index contributed by atoms with van der Waals surface area (Å²) in [6, 6.07) is 21.3. The molecular weight excluding hydrogens is 526 g/mol. The number of carbonyl (C=O) groups is 1. The number of sulfonamides is 1. The van der Waals surface area contributed by atoms with E-state index in [0.29, 0.717) is 39.2 Å². The van der Waals surface area contributed by atoms with Crippen molar-refractivity contribution in [2.45, 2.75) is 11.4 Å². The predicted octanol–water partition coefficient (Wildman–Crippen LogP) is 5.55. The SMILES string of the molecule is COc1ccc(OC)c2sc(N(Cc3ccco3)C(=O)c3ccc(NS(=O)(=O)c4ccccc4)cc3)nc12. The molecule has 0 saturated heterocycles. The molecule has 0 bridgehead atoms. The van der Waals surface area contributed by atoms with Crippen LogP contribution >= 0.6 is 11.3 Å². The van der Waals surface area contributed by atoms with Crippen LogP contribution in [-0.2, 0) is 16.6 Å². The Morgan fingerprint density at radius 2 is 1.66 bits per heavy atom. The van der Waals surface area contributed by atoms with E-state index in [4.69, 9.17) is 18.9 Å². The van der Waals surface area contributed by atoms with Gasteiger partial charge in [0.05, 0.1) is 31.9 Å². The van der Waals surface area contributed by atoms with Crippen molar-refractivity contribution in [1.82, 2.24) is 4.98 Å². The number of fused-ring (bicyclic) bond motifs is 1. The molecule has 5 aromatic rings. The van der Waals surface area contributed by atoms with Gasteiger partial charge in [0.1, 0.15) is 27.5 Å². The molecule has 0 radical (unpaired) electrons. The van der Waals surface area contributed by atoms with Gasteiger partial charge in [0.2, 0.25) is 0 Å². The van der Waals surface area contributed by atoms with Crippen molar-refractivity contribution in [3.63, 3.8) is 0 Å². The molecule has 5 rings (SSSR count). The fourth-order valence-electron chi connectivity index (χ4n) is 3.82. The van der Waals surface area contributed by atoms with Gasteiger partial charge in [0, 0.05) is 11.3 Å². The Balaban J connectivity index is 1.47. The lowest BCUT2D eigenvalue weighted by Crippen LogP contribution is -2.30. The van der Waals surface area contributed by atoms with Gasteiger partial charge < -0.3 is 13.9 Å². The van der Waals surface area contributed by atoms with Crippen LogP contribution in [0, 0.1) is 0 Å². The zero-order chi connectivity index (χ0) is 26.7. The van der Waals surface area contributed by atoms with Crippen LogP contribution in [0.15, 0.2) is 94.4 Å². The zero-order valence-corrected chi connectivity index (χ0v) is 22.1. The number of methoxy groups -OCH3 is 2. The van der Waals surface area contributed by atoms with Crippen LogP contribution in [0.25, 0.3) is 10.2 Å². The van der Waals surface area contributed by atoms with E-state index in [2.05, 4.69) is 4.72 Å². The lowest BCUT2D eigenvalue weighted by molar-refractivity contribution is 0.0983. The Kier molecular flexibility index (Phi) is 7.03. The molecule has 0 spiro atoms. The minimum Gasteiger partial charge on any atom is -0.495 e. The topological polar surface area (TPSA) is 111 Å². The maximum Gasteiger partial charge on any atom is 0.261 e. The summed E-state index contributed by atoms with van der Waals surface area (Å²) in [6.07, 6.45) is 1.54. The van der Waals surface area contributed by atoms with E-state index in [-0.39, 0.29) is 17.3 Å². The summed E-state index contributed by atoms with van der Waals surface area (Å²) in [7, 11) is -0.633. The maximum absolute atomic E-state index is 13.7. The van der Waals surface area contributed by atoms with Gasteiger partial charge in [-0.25, -0.2) is 13.4 Å². The van der Waals surface area contributed by atoms with Gasteiger partial charge in [-0.3, -0.25) is 14.4 Å². The number of benzene rings is 3. The van der Waals surface area contributed by atoms with Crippen molar-refractivity contribution in [2.24, 2.45) is 0 Å². The standard InChI is InChI=1S/C27H23N3O6S2/c1-34-22-14-15-23(35-2)25-24(22)28-27(37-25)30(17-20-7-6-16-36-20)26(31)18-10-12-19(13-11-18)29-38(32,33)21-8-4-3-5-9-21/h3-16,29H,17H2,1-2H3. The third-order valence-corrected chi connectivity index (χ3v) is 8.20. The van der Waals surface area contributed by atoms with E-state index in [1.54, 1.807) is 80.9 Å². The highest BCUT2D eigenvalue weighted by Gasteiger charge is 2.25. The van der Waals surface area contributed by atoms with Crippen molar-refractivity contribution in [3.8, 4) is 11.5 Å². The Morgan fingerprint density at radius 1 is 0.947 bits per heavy atom. The van der Waals surface area contributed by atoms with Crippen molar-refractivity contribution >= 4 is 48.3 Å². The summed E-state index contributed by atoms with van der Waals surface area (Å²) < 4.78 is 45.1. The van der Waals surface area contributed by atoms with E-state index in [9.17, 15) is 13.2 Å². The second kappa shape index (κ2) is 10.6. The zero-order valence-electron chi connectivity index (χ0n) is 20.5. The van der Waals surface area contributed by atoms with Gasteiger partial charge >= 0.3 is 0 Å². The number of ether oxygens (including phenoxy) is 2. The number of nitrogens with zero attached hydrogens (tertiary/aromatic N) is 2. The number of anilines is 2. The average molecular weight is 550 g/mol. The van der Waals surface area contributed by atoms with Gasteiger partial charge in [-0.2, -0.15) is 0 Å². The minimum atomic E-state index is -3.76. The molecule has 0 atom stereocenters. The molecule has 0 aliphatic heterocycles. The summed E-state index contributed by atoms with van der Waals surface area (Å²) in [6.45, 7) is 0.138. The third kappa shape index (κ3) is 5.06. The number of hydrogen-bond acceptors (Lipinski definition) is 8. The predicted molar refractivity (Wildman–Crippen MR) is 146 cm³/mol. The fraction of sp³-hybridized carbons (Fsp3) is 0.111. The highest BCUT2D eigenvalue weighted by Crippen LogP contribution is 2.40. The lowest BCUT2D eigenvalue weighted by atomic mass is 10.2. The van der Waals surface area contributed by atoms with Crippen LogP contribution < -0.4 is 19.1 Å². The van der Waals surface area contributed by atoms with Gasteiger partial charge in [0.25, 0.3) is 15.9 Å². The number of rotatable bonds is 9. The molecule has 11 heteroatoms. The van der Waals surface area contributed by atoms with E-state index in [0.717, 1.165) is 4.70 Å². The maximum atomic E-state index is 13.7. The van der Waals surface area contributed by atoms with Gasteiger partial charge in [-0.1, -0.05) is 29.5 Å². The number of carbonyl (C=O) groups excluding carboxylic acids is 1. The first-order valence-corrected chi connectivity index (χ1v) is 13.7. The van der Waals surface area contributed by atoms with Crippen LogP contribution in [0.1, 0.15) is 16.1 Å². The normalized spacial score (nSPS) is 11.3. The molecule has 9 nitrogen and oxygen atoms in total. The summed E-state index contributed by atoms with van der Waals surface area (Å²) in [4.78, 5) is 20.1. The van der Waals surface area contributed by atoms with E-state index in [1.807, 2.05) is 0 Å². The van der Waals surface area contributed by atoms with Crippen molar-refractivity contribution in [3.05, 3.63) is 96.4 Å². The minimum absolute atomic E-state index is 0.138. The molecule has 194 valence electrons. The van der Waals surface area contributed by atoms with Crippen molar-refractivity contribution in [2.75, 3.05) is 23.8 Å². The number of nitrogens with one attached hydrogen (secondary N) is 1. The Hall–Kier alpha value is -4.35. The van der Waals surface area contributed by atoms with Crippen LogP contribution in [0.4, 0.5) is 10.8 Å². The van der Waals surface area contributed by atoms with Crippen LogP contribution in [-0.4, -0.2) is 33.5 Å². The molecule has 38 heavy (non-hydrogen) atoms. The number of amides is 1. The molecule has 0 unspecified atom stereocenters. The van der Waals surface area contributed by atoms with E-state index in [1.165, 1.54) is 34.6 Å². The summed E-state index contributed by atoms with van der Waals surface area (Å²) >= 11 is 1.30. The van der Waals surface area contributed by atoms with E-state index >= 15 is 0 Å². The molecule has 0 fully saturated rings. The van der Waals surface area contributed by atoms with Crippen molar-refractivity contribution < 1.29 is 27.1 Å². The first-order valence-electron chi connectivity index (χ1n) is 11.4. The highest BCUT2D eigenvalue weighted by atomic mass is 32.2. The summed E-state index contributed by atoms with van der Waals surface area (Å²) in [5, 5.41) is 0.429. The number of aromatic nitrogens is 1. The second-order valence-electron chi connectivity index (χ2n) is 8.11. The summed E-state index contributed by atoms with van der Waals surface area (Å²) in [5.74, 6) is 1.41. The third-order valence-electron chi connectivity index (χ3n) is 5.71. The van der Waals surface area contributed by atoms with E-state index < -0.39 is 10.0 Å². The first kappa shape index (κ1) is 25.3. The van der Waals surface area contributed by atoms with Crippen molar-refractivity contribution in [1.29, 1.82) is 0 Å². The van der Waals surface area contributed by atoms with Gasteiger partial charge in [-0.05, 0) is 60.7 Å². The van der Waals surface area contributed by atoms with Crippen LogP contribution in [0.2, 0.25) is 0 Å². The molecule has 1 amide bonds. The number of hydrogen-bond donors (Lipinski definition) is 1. The smallest absolute Gasteiger partial charge is 0.261 e. The molecule has 2 aromatic heterocycles. The number of thiazole rings is 1.